The number of ketones is 1. The second-order valence-corrected chi connectivity index (χ2v) is 5.67. The summed E-state index contributed by atoms with van der Waals surface area (Å²) >= 11 is 6.00. The van der Waals surface area contributed by atoms with E-state index in [-0.39, 0.29) is 16.5 Å². The Balaban J connectivity index is 0.00000100. The SMILES string of the molecule is CC.O=C(c1cn(CCOC2CC2)c2cccc(Cl)c12)C(F)(F)F. The van der Waals surface area contributed by atoms with Gasteiger partial charge in [-0.05, 0) is 25.0 Å². The van der Waals surface area contributed by atoms with Crippen LogP contribution in [-0.4, -0.2) is 29.2 Å². The highest BCUT2D eigenvalue weighted by Crippen LogP contribution is 2.33. The van der Waals surface area contributed by atoms with E-state index in [1.54, 1.807) is 16.7 Å². The van der Waals surface area contributed by atoms with E-state index in [1.165, 1.54) is 12.3 Å². The number of hydrogen-bond acceptors (Lipinski definition) is 2. The zero-order valence-electron chi connectivity index (χ0n) is 13.5. The molecule has 0 unspecified atom stereocenters. The van der Waals surface area contributed by atoms with Gasteiger partial charge in [0.1, 0.15) is 0 Å². The third kappa shape index (κ3) is 4.11. The van der Waals surface area contributed by atoms with Crippen LogP contribution in [0.25, 0.3) is 10.9 Å². The van der Waals surface area contributed by atoms with Gasteiger partial charge in [0.15, 0.2) is 0 Å². The molecule has 24 heavy (non-hydrogen) atoms. The Morgan fingerprint density at radius 2 is 2.00 bits per heavy atom. The van der Waals surface area contributed by atoms with Crippen LogP contribution in [-0.2, 0) is 11.3 Å². The number of aromatic nitrogens is 1. The van der Waals surface area contributed by atoms with Crippen molar-refractivity contribution in [3.05, 3.63) is 35.0 Å². The van der Waals surface area contributed by atoms with Crippen LogP contribution in [0.3, 0.4) is 0 Å². The van der Waals surface area contributed by atoms with E-state index in [0.717, 1.165) is 12.8 Å². The van der Waals surface area contributed by atoms with Crippen molar-refractivity contribution in [1.82, 2.24) is 4.57 Å². The highest BCUT2D eigenvalue weighted by atomic mass is 35.5. The summed E-state index contributed by atoms with van der Waals surface area (Å²) < 4.78 is 45.3. The molecule has 1 aromatic heterocycles. The summed E-state index contributed by atoms with van der Waals surface area (Å²) in [4.78, 5) is 11.6. The first-order valence-corrected chi connectivity index (χ1v) is 8.26. The highest BCUT2D eigenvalue weighted by molar-refractivity contribution is 6.37. The molecule has 0 N–H and O–H groups in total. The molecule has 7 heteroatoms. The predicted molar refractivity (Wildman–Crippen MR) is 87.7 cm³/mol. The molecule has 0 saturated heterocycles. The fourth-order valence-corrected chi connectivity index (χ4v) is 2.64. The molecular formula is C17H19ClF3NO2. The first kappa shape index (κ1) is 18.8. The molecule has 1 aliphatic carbocycles. The van der Waals surface area contributed by atoms with Gasteiger partial charge >= 0.3 is 6.18 Å². The molecule has 0 radical (unpaired) electrons. The van der Waals surface area contributed by atoms with Crippen LogP contribution in [0.1, 0.15) is 37.0 Å². The molecule has 0 bridgehead atoms. The lowest BCUT2D eigenvalue weighted by atomic mass is 10.1. The van der Waals surface area contributed by atoms with Crippen LogP contribution >= 0.6 is 11.6 Å². The Hall–Kier alpha value is -1.53. The van der Waals surface area contributed by atoms with Crippen molar-refractivity contribution in [2.24, 2.45) is 0 Å². The molecule has 0 amide bonds. The van der Waals surface area contributed by atoms with Gasteiger partial charge < -0.3 is 9.30 Å². The maximum atomic E-state index is 12.7. The minimum Gasteiger partial charge on any atom is -0.376 e. The van der Waals surface area contributed by atoms with Gasteiger partial charge in [0.2, 0.25) is 0 Å². The number of carbonyl (C=O) groups excluding carboxylic acids is 1. The molecule has 1 aromatic carbocycles. The van der Waals surface area contributed by atoms with Crippen LogP contribution < -0.4 is 0 Å². The third-order valence-electron chi connectivity index (χ3n) is 3.57. The standard InChI is InChI=1S/C15H13ClF3NO2.C2H6/c16-11-2-1-3-12-13(11)10(14(21)15(17,18)19)8-20(12)6-7-22-9-4-5-9;1-2/h1-3,8-9H,4-7H2;1-2H3. The lowest BCUT2D eigenvalue weighted by molar-refractivity contribution is -0.0884. The minimum absolute atomic E-state index is 0.131. The molecule has 132 valence electrons. The zero-order chi connectivity index (χ0) is 17.9. The molecule has 3 rings (SSSR count). The molecule has 1 aliphatic rings. The Bertz CT molecular complexity index is 720. The summed E-state index contributed by atoms with van der Waals surface area (Å²) in [5, 5.41) is 0.268. The average molecular weight is 362 g/mol. The van der Waals surface area contributed by atoms with Crippen molar-refractivity contribution in [2.45, 2.75) is 45.5 Å². The van der Waals surface area contributed by atoms with Gasteiger partial charge in [-0.1, -0.05) is 31.5 Å². The topological polar surface area (TPSA) is 31.2 Å². The van der Waals surface area contributed by atoms with Crippen molar-refractivity contribution >= 4 is 28.3 Å². The quantitative estimate of drug-likeness (QED) is 0.681. The van der Waals surface area contributed by atoms with Crippen LogP contribution in [0.4, 0.5) is 13.2 Å². The van der Waals surface area contributed by atoms with Gasteiger partial charge in [-0.2, -0.15) is 13.2 Å². The number of hydrogen-bond donors (Lipinski definition) is 0. The molecule has 1 fully saturated rings. The average Bonchev–Trinajstić information content (AvgIpc) is 3.29. The molecule has 0 aliphatic heterocycles. The van der Waals surface area contributed by atoms with Gasteiger partial charge in [-0.15, -0.1) is 0 Å². The summed E-state index contributed by atoms with van der Waals surface area (Å²) in [5.41, 5.74) is 0.0824. The van der Waals surface area contributed by atoms with Gasteiger partial charge in [0, 0.05) is 18.1 Å². The van der Waals surface area contributed by atoms with Crippen molar-refractivity contribution in [3.8, 4) is 0 Å². The van der Waals surface area contributed by atoms with E-state index in [1.807, 2.05) is 13.8 Å². The van der Waals surface area contributed by atoms with Crippen molar-refractivity contribution in [2.75, 3.05) is 6.61 Å². The number of benzene rings is 1. The fraction of sp³-hybridized carbons (Fsp3) is 0.471. The number of fused-ring (bicyclic) bond motifs is 1. The summed E-state index contributed by atoms with van der Waals surface area (Å²) in [6.07, 6.45) is -1.40. The fourth-order valence-electron chi connectivity index (χ4n) is 2.37. The Labute approximate surface area is 143 Å². The van der Waals surface area contributed by atoms with Crippen molar-refractivity contribution in [3.63, 3.8) is 0 Å². The maximum Gasteiger partial charge on any atom is 0.454 e. The lowest BCUT2D eigenvalue weighted by Gasteiger charge is -2.06. The highest BCUT2D eigenvalue weighted by Gasteiger charge is 2.41. The van der Waals surface area contributed by atoms with Crippen molar-refractivity contribution in [1.29, 1.82) is 0 Å². The van der Waals surface area contributed by atoms with Crippen LogP contribution in [0.15, 0.2) is 24.4 Å². The van der Waals surface area contributed by atoms with Gasteiger partial charge in [-0.25, -0.2) is 0 Å². The van der Waals surface area contributed by atoms with E-state index in [2.05, 4.69) is 0 Å². The monoisotopic (exact) mass is 361 g/mol. The van der Waals surface area contributed by atoms with E-state index < -0.39 is 17.5 Å². The number of nitrogens with zero attached hydrogens (tertiary/aromatic N) is 1. The summed E-state index contributed by atoms with van der Waals surface area (Å²) in [6, 6.07) is 4.76. The maximum absolute atomic E-state index is 12.7. The van der Waals surface area contributed by atoms with E-state index in [9.17, 15) is 18.0 Å². The summed E-state index contributed by atoms with van der Waals surface area (Å²) in [7, 11) is 0. The number of alkyl halides is 3. The van der Waals surface area contributed by atoms with Gasteiger partial charge in [0.05, 0.1) is 28.8 Å². The van der Waals surface area contributed by atoms with Crippen LogP contribution in [0.5, 0.6) is 0 Å². The molecular weight excluding hydrogens is 343 g/mol. The molecule has 3 nitrogen and oxygen atoms in total. The second kappa shape index (κ2) is 7.57. The van der Waals surface area contributed by atoms with Gasteiger partial charge in [0.25, 0.3) is 5.78 Å². The van der Waals surface area contributed by atoms with E-state index in [4.69, 9.17) is 16.3 Å². The Morgan fingerprint density at radius 3 is 2.58 bits per heavy atom. The molecule has 1 heterocycles. The smallest absolute Gasteiger partial charge is 0.376 e. The largest absolute Gasteiger partial charge is 0.454 e. The Kier molecular flexibility index (Phi) is 5.93. The number of halogens is 4. The first-order valence-electron chi connectivity index (χ1n) is 7.88. The second-order valence-electron chi connectivity index (χ2n) is 5.27. The molecule has 0 atom stereocenters. The lowest BCUT2D eigenvalue weighted by Crippen LogP contribution is -2.22. The zero-order valence-corrected chi connectivity index (χ0v) is 14.2. The van der Waals surface area contributed by atoms with Crippen LogP contribution in [0.2, 0.25) is 5.02 Å². The normalized spacial score (nSPS) is 14.4. The molecule has 2 aromatic rings. The number of ether oxygens (including phenoxy) is 1. The summed E-state index contributed by atoms with van der Waals surface area (Å²) in [5.74, 6) is -1.88. The summed E-state index contributed by atoms with van der Waals surface area (Å²) in [6.45, 7) is 4.76. The Morgan fingerprint density at radius 1 is 1.33 bits per heavy atom. The molecule has 0 spiro atoms. The first-order chi connectivity index (χ1) is 11.4. The van der Waals surface area contributed by atoms with Gasteiger partial charge in [-0.3, -0.25) is 4.79 Å². The molecule has 1 saturated carbocycles. The van der Waals surface area contributed by atoms with E-state index >= 15 is 0 Å². The minimum atomic E-state index is -4.93. The third-order valence-corrected chi connectivity index (χ3v) is 3.88. The van der Waals surface area contributed by atoms with Crippen LogP contribution in [0, 0.1) is 0 Å². The van der Waals surface area contributed by atoms with E-state index in [0.29, 0.717) is 18.7 Å². The number of Topliss-reactive ketones (excluding diaryl/α,β-unsaturated/α-hetero) is 1. The van der Waals surface area contributed by atoms with Crippen molar-refractivity contribution < 1.29 is 22.7 Å². The predicted octanol–water partition coefficient (Wildman–Crippen LogP) is 5.24. The number of carbonyl (C=O) groups is 1. The number of rotatable bonds is 5.